The Bertz CT molecular complexity index is 804. The lowest BCUT2D eigenvalue weighted by Gasteiger charge is -2.45. The van der Waals surface area contributed by atoms with Gasteiger partial charge in [0.15, 0.2) is 0 Å². The minimum atomic E-state index is -1.32. The average molecular weight is 461 g/mol. The van der Waals surface area contributed by atoms with Crippen molar-refractivity contribution in [3.8, 4) is 0 Å². The van der Waals surface area contributed by atoms with Crippen molar-refractivity contribution >= 4 is 5.97 Å². The van der Waals surface area contributed by atoms with Crippen molar-refractivity contribution in [3.63, 3.8) is 0 Å². The number of carboxylic acid groups (broad SMARTS) is 1. The first-order valence-electron chi connectivity index (χ1n) is 12.7. The summed E-state index contributed by atoms with van der Waals surface area (Å²) >= 11 is 0. The lowest BCUT2D eigenvalue weighted by Crippen LogP contribution is -2.43. The number of allylic oxidation sites excluding steroid dienone is 4. The molecule has 5 nitrogen and oxygen atoms in total. The van der Waals surface area contributed by atoms with Gasteiger partial charge >= 0.3 is 5.97 Å². The van der Waals surface area contributed by atoms with E-state index in [1.807, 2.05) is 6.92 Å². The summed E-state index contributed by atoms with van der Waals surface area (Å²) in [6.07, 6.45) is 10.8. The molecule has 0 saturated heterocycles. The van der Waals surface area contributed by atoms with E-state index in [2.05, 4.69) is 25.7 Å². The van der Waals surface area contributed by atoms with Gasteiger partial charge in [-0.25, -0.2) is 0 Å². The molecule has 0 radical (unpaired) electrons. The van der Waals surface area contributed by atoms with Crippen molar-refractivity contribution in [2.75, 3.05) is 0 Å². The summed E-state index contributed by atoms with van der Waals surface area (Å²) in [5.41, 5.74) is 2.45. The van der Waals surface area contributed by atoms with E-state index < -0.39 is 23.6 Å². The molecule has 3 unspecified atom stereocenters. The zero-order valence-electron chi connectivity index (χ0n) is 20.9. The zero-order chi connectivity index (χ0) is 24.6. The molecule has 3 fully saturated rings. The number of rotatable bonds is 7. The first kappa shape index (κ1) is 26.2. The maximum Gasteiger partial charge on any atom is 0.306 e. The van der Waals surface area contributed by atoms with E-state index in [4.69, 9.17) is 0 Å². The van der Waals surface area contributed by atoms with E-state index in [0.717, 1.165) is 56.1 Å². The van der Waals surface area contributed by atoms with Gasteiger partial charge in [0.05, 0.1) is 23.7 Å². The van der Waals surface area contributed by atoms with E-state index in [9.17, 15) is 25.2 Å². The van der Waals surface area contributed by atoms with Gasteiger partial charge in [0.25, 0.3) is 0 Å². The molecular formula is C28H44O5. The van der Waals surface area contributed by atoms with Gasteiger partial charge < -0.3 is 20.4 Å². The Morgan fingerprint density at radius 2 is 1.94 bits per heavy atom. The molecule has 0 bridgehead atoms. The highest BCUT2D eigenvalue weighted by Crippen LogP contribution is 2.60. The Labute approximate surface area is 199 Å². The highest BCUT2D eigenvalue weighted by molar-refractivity contribution is 5.70. The number of fused-ring (bicyclic) bond motifs is 1. The Kier molecular flexibility index (Phi) is 7.97. The molecule has 0 aromatic rings. The molecule has 0 aromatic heterocycles. The van der Waals surface area contributed by atoms with Crippen LogP contribution in [0.4, 0.5) is 0 Å². The van der Waals surface area contributed by atoms with E-state index in [1.54, 1.807) is 0 Å². The monoisotopic (exact) mass is 460 g/mol. The Morgan fingerprint density at radius 3 is 2.58 bits per heavy atom. The van der Waals surface area contributed by atoms with Gasteiger partial charge in [0.1, 0.15) is 0 Å². The van der Waals surface area contributed by atoms with E-state index in [0.29, 0.717) is 12.3 Å². The van der Waals surface area contributed by atoms with Crippen molar-refractivity contribution in [2.45, 2.75) is 103 Å². The second-order valence-electron chi connectivity index (χ2n) is 11.7. The second kappa shape index (κ2) is 10.1. The molecule has 0 spiro atoms. The van der Waals surface area contributed by atoms with Gasteiger partial charge in [-0.05, 0) is 100 Å². The second-order valence-corrected chi connectivity index (χ2v) is 11.7. The summed E-state index contributed by atoms with van der Waals surface area (Å²) < 4.78 is 0. The van der Waals surface area contributed by atoms with Crippen molar-refractivity contribution in [3.05, 3.63) is 35.5 Å². The summed E-state index contributed by atoms with van der Waals surface area (Å²) in [7, 11) is 0. The third-order valence-corrected chi connectivity index (χ3v) is 9.10. The maximum absolute atomic E-state index is 12.2. The molecule has 186 valence electrons. The van der Waals surface area contributed by atoms with E-state index in [1.165, 1.54) is 19.4 Å². The summed E-state index contributed by atoms with van der Waals surface area (Å²) in [4.78, 5) is 12.2. The van der Waals surface area contributed by atoms with Gasteiger partial charge in [-0.2, -0.15) is 0 Å². The predicted octanol–water partition coefficient (Wildman–Crippen LogP) is 5.02. The largest absolute Gasteiger partial charge is 0.481 e. The van der Waals surface area contributed by atoms with Gasteiger partial charge in [-0.15, -0.1) is 0 Å². The van der Waals surface area contributed by atoms with Crippen molar-refractivity contribution < 1.29 is 25.2 Å². The molecule has 0 heterocycles. The minimum absolute atomic E-state index is 0.0402. The number of aliphatic hydroxyl groups excluding tert-OH is 2. The van der Waals surface area contributed by atoms with Crippen molar-refractivity contribution in [2.24, 2.45) is 29.1 Å². The Morgan fingerprint density at radius 1 is 1.24 bits per heavy atom. The van der Waals surface area contributed by atoms with Crippen LogP contribution in [0, 0.1) is 29.1 Å². The third kappa shape index (κ3) is 5.63. The minimum Gasteiger partial charge on any atom is -0.481 e. The number of hydrogen-bond acceptors (Lipinski definition) is 4. The van der Waals surface area contributed by atoms with Crippen molar-refractivity contribution in [1.82, 2.24) is 0 Å². The van der Waals surface area contributed by atoms with Crippen LogP contribution in [0.25, 0.3) is 0 Å². The standard InChI is InChI=1S/C28H44O5/c1-17-8-11-21(29)15-20(17)10-9-19-7-6-14-28(5)23(12-13-24(19)28)18(2)22(26(31)32)16-25(30)27(3,4)33/h9-10,18,21-25,29-30,33H,1,6-8,11-16H2,2-5H3,(H,31,32)/t18-,21+,22?,23-,24?,25?,28-/m1/s1. The van der Waals surface area contributed by atoms with Crippen LogP contribution in [0.1, 0.15) is 85.5 Å². The fraction of sp³-hybridized carbons (Fsp3) is 0.750. The van der Waals surface area contributed by atoms with Crippen molar-refractivity contribution in [1.29, 1.82) is 0 Å². The summed E-state index contributed by atoms with van der Waals surface area (Å²) in [5.74, 6) is -0.953. The number of carboxylic acids is 1. The first-order chi connectivity index (χ1) is 15.3. The lowest BCUT2D eigenvalue weighted by atomic mass is 9.59. The van der Waals surface area contributed by atoms with Gasteiger partial charge in [-0.3, -0.25) is 4.79 Å². The smallest absolute Gasteiger partial charge is 0.306 e. The fourth-order valence-electron chi connectivity index (χ4n) is 6.89. The maximum atomic E-state index is 12.2. The van der Waals surface area contributed by atoms with Crippen LogP contribution in [-0.2, 0) is 4.79 Å². The van der Waals surface area contributed by atoms with Crippen LogP contribution in [0.15, 0.2) is 35.5 Å². The number of aliphatic hydroxyl groups is 3. The molecule has 0 aromatic carbocycles. The topological polar surface area (TPSA) is 98.0 Å². The van der Waals surface area contributed by atoms with E-state index in [-0.39, 0.29) is 29.8 Å². The highest BCUT2D eigenvalue weighted by Gasteiger charge is 2.52. The number of hydrogen-bond donors (Lipinski definition) is 4. The normalized spacial score (nSPS) is 36.0. The SMILES string of the molecule is C=C1CC[C@H](O)CC1=CC=C1CCC[C@@]2(C)C1CC[C@@H]2[C@H](C)C(CC(O)C(C)(C)O)C(=O)O. The number of aliphatic carboxylic acids is 1. The molecule has 3 saturated carbocycles. The number of carbonyl (C=O) groups is 1. The van der Waals surface area contributed by atoms with Crippen LogP contribution < -0.4 is 0 Å². The quantitative estimate of drug-likeness (QED) is 0.428. The Balaban J connectivity index is 1.80. The predicted molar refractivity (Wildman–Crippen MR) is 131 cm³/mol. The van der Waals surface area contributed by atoms with Crippen LogP contribution in [0.3, 0.4) is 0 Å². The highest BCUT2D eigenvalue weighted by atomic mass is 16.4. The molecule has 4 N–H and O–H groups in total. The molecule has 0 aliphatic heterocycles. The lowest BCUT2D eigenvalue weighted by molar-refractivity contribution is -0.148. The molecule has 0 amide bonds. The molecule has 3 rings (SSSR count). The van der Waals surface area contributed by atoms with Gasteiger partial charge in [-0.1, -0.05) is 43.7 Å². The molecule has 7 atom stereocenters. The summed E-state index contributed by atoms with van der Waals surface area (Å²) in [6.45, 7) is 11.6. The zero-order valence-corrected chi connectivity index (χ0v) is 20.9. The first-order valence-corrected chi connectivity index (χ1v) is 12.7. The van der Waals surface area contributed by atoms with Crippen LogP contribution in [0.5, 0.6) is 0 Å². The molecule has 33 heavy (non-hydrogen) atoms. The summed E-state index contributed by atoms with van der Waals surface area (Å²) in [6, 6.07) is 0. The average Bonchev–Trinajstić information content (AvgIpc) is 3.08. The van der Waals surface area contributed by atoms with Gasteiger partial charge in [0.2, 0.25) is 0 Å². The summed E-state index contributed by atoms with van der Waals surface area (Å²) in [5, 5.41) is 40.6. The van der Waals surface area contributed by atoms with Gasteiger partial charge in [0, 0.05) is 0 Å². The Hall–Kier alpha value is -1.43. The van der Waals surface area contributed by atoms with Crippen LogP contribution in [0.2, 0.25) is 0 Å². The fourth-order valence-corrected chi connectivity index (χ4v) is 6.89. The van der Waals surface area contributed by atoms with Crippen LogP contribution in [-0.4, -0.2) is 44.2 Å². The van der Waals surface area contributed by atoms with Crippen LogP contribution >= 0.6 is 0 Å². The molecule has 5 heteroatoms. The molecule has 3 aliphatic rings. The molecule has 3 aliphatic carbocycles. The molecular weight excluding hydrogens is 416 g/mol. The third-order valence-electron chi connectivity index (χ3n) is 9.10. The van der Waals surface area contributed by atoms with E-state index >= 15 is 0 Å².